The van der Waals surface area contributed by atoms with Gasteiger partial charge >= 0.3 is 6.55 Å². The van der Waals surface area contributed by atoms with Gasteiger partial charge in [-0.05, 0) is 25.2 Å². The molecule has 2 heterocycles. The molecule has 124 valence electrons. The van der Waals surface area contributed by atoms with Gasteiger partial charge in [0.25, 0.3) is 0 Å². The maximum atomic E-state index is 12.8. The number of imidazole rings is 1. The highest BCUT2D eigenvalue weighted by Gasteiger charge is 2.24. The van der Waals surface area contributed by atoms with Crippen LogP contribution in [0.4, 0.5) is 8.78 Å². The van der Waals surface area contributed by atoms with Gasteiger partial charge in [0.2, 0.25) is 0 Å². The molecule has 2 rings (SSSR count). The highest BCUT2D eigenvalue weighted by molar-refractivity contribution is 5.80. The lowest BCUT2D eigenvalue weighted by molar-refractivity contribution is 0.0670. The van der Waals surface area contributed by atoms with Crippen molar-refractivity contribution in [2.45, 2.75) is 40.3 Å². The first-order valence-electron chi connectivity index (χ1n) is 7.84. The quantitative estimate of drug-likeness (QED) is 0.687. The molecule has 1 aliphatic rings. The Morgan fingerprint density at radius 3 is 2.68 bits per heavy atom. The average Bonchev–Trinajstić information content (AvgIpc) is 2.91. The number of hydrogen-bond donors (Lipinski definition) is 1. The van der Waals surface area contributed by atoms with E-state index in [1.54, 1.807) is 0 Å². The monoisotopic (exact) mass is 313 g/mol. The minimum atomic E-state index is -2.58. The number of likely N-dealkylation sites (tertiary alicyclic amines) is 1. The first kappa shape index (κ1) is 16.7. The van der Waals surface area contributed by atoms with Gasteiger partial charge in [-0.15, -0.1) is 0 Å². The van der Waals surface area contributed by atoms with E-state index < -0.39 is 6.55 Å². The van der Waals surface area contributed by atoms with Crippen molar-refractivity contribution in [2.75, 3.05) is 19.6 Å². The zero-order chi connectivity index (χ0) is 16.1. The summed E-state index contributed by atoms with van der Waals surface area (Å²) in [6.07, 6.45) is 3.88. The van der Waals surface area contributed by atoms with Crippen LogP contribution in [0, 0.1) is 11.8 Å². The van der Waals surface area contributed by atoms with E-state index in [1.807, 2.05) is 6.92 Å². The van der Waals surface area contributed by atoms with Crippen molar-refractivity contribution in [3.8, 4) is 0 Å². The fourth-order valence-electron chi connectivity index (χ4n) is 3.05. The summed E-state index contributed by atoms with van der Waals surface area (Å²) in [5.41, 5.74) is 0. The summed E-state index contributed by atoms with van der Waals surface area (Å²) in [5, 5.41) is 3.26. The molecule has 7 heteroatoms. The Labute approximate surface area is 130 Å². The first-order valence-corrected chi connectivity index (χ1v) is 7.84. The van der Waals surface area contributed by atoms with Crippen molar-refractivity contribution in [2.24, 2.45) is 16.8 Å². The number of hydrogen-bond acceptors (Lipinski definition) is 2. The highest BCUT2D eigenvalue weighted by Crippen LogP contribution is 2.21. The minimum Gasteiger partial charge on any atom is -0.357 e. The van der Waals surface area contributed by atoms with Gasteiger partial charge in [-0.1, -0.05) is 13.8 Å². The Kier molecular flexibility index (Phi) is 5.74. The van der Waals surface area contributed by atoms with E-state index in [1.165, 1.54) is 18.8 Å². The maximum absolute atomic E-state index is 12.8. The normalized spacial score (nSPS) is 23.2. The van der Waals surface area contributed by atoms with E-state index in [0.29, 0.717) is 11.8 Å². The zero-order valence-electron chi connectivity index (χ0n) is 13.5. The molecule has 1 aromatic heterocycles. The Hall–Kier alpha value is -1.66. The number of piperidine rings is 1. The molecule has 2 atom stereocenters. The van der Waals surface area contributed by atoms with Crippen LogP contribution in [-0.2, 0) is 6.54 Å². The van der Waals surface area contributed by atoms with Crippen LogP contribution in [0.1, 0.15) is 39.6 Å². The summed E-state index contributed by atoms with van der Waals surface area (Å²) in [7, 11) is 0. The van der Waals surface area contributed by atoms with Crippen LogP contribution in [0.3, 0.4) is 0 Å². The smallest absolute Gasteiger partial charge is 0.319 e. The van der Waals surface area contributed by atoms with Gasteiger partial charge < -0.3 is 10.2 Å². The molecule has 22 heavy (non-hydrogen) atoms. The molecule has 0 amide bonds. The molecule has 0 spiro atoms. The molecular weight excluding hydrogens is 288 g/mol. The van der Waals surface area contributed by atoms with Gasteiger partial charge in [-0.3, -0.25) is 4.57 Å². The van der Waals surface area contributed by atoms with Crippen molar-refractivity contribution in [1.29, 1.82) is 0 Å². The standard InChI is InChI=1S/C15H25F2N5/c1-4-18-15(21-9-11(2)7-12(3)10-21)20-8-13-19-5-6-22(13)14(16)17/h5-6,11-12,14H,4,7-10H2,1-3H3,(H,18,20). The summed E-state index contributed by atoms with van der Waals surface area (Å²) in [5.74, 6) is 2.28. The molecule has 0 aromatic carbocycles. The summed E-state index contributed by atoms with van der Waals surface area (Å²) in [4.78, 5) is 10.7. The van der Waals surface area contributed by atoms with Gasteiger partial charge in [0.15, 0.2) is 5.96 Å². The maximum Gasteiger partial charge on any atom is 0.319 e. The second-order valence-electron chi connectivity index (χ2n) is 6.05. The second kappa shape index (κ2) is 7.56. The number of rotatable bonds is 4. The van der Waals surface area contributed by atoms with E-state index in [-0.39, 0.29) is 12.4 Å². The summed E-state index contributed by atoms with van der Waals surface area (Å²) in [6.45, 7) is 6.68. The second-order valence-corrected chi connectivity index (χ2v) is 6.05. The molecule has 1 N–H and O–H groups in total. The van der Waals surface area contributed by atoms with Gasteiger partial charge in [-0.2, -0.15) is 8.78 Å². The third-order valence-corrected chi connectivity index (χ3v) is 3.83. The number of aliphatic imine (C=N–C) groups is 1. The Bertz CT molecular complexity index is 490. The number of nitrogens with zero attached hydrogens (tertiary/aromatic N) is 4. The van der Waals surface area contributed by atoms with Crippen molar-refractivity contribution >= 4 is 5.96 Å². The fourth-order valence-corrected chi connectivity index (χ4v) is 3.05. The lowest BCUT2D eigenvalue weighted by Gasteiger charge is -2.37. The Morgan fingerprint density at radius 2 is 2.09 bits per heavy atom. The third kappa shape index (κ3) is 4.18. The van der Waals surface area contributed by atoms with Crippen molar-refractivity contribution in [1.82, 2.24) is 19.8 Å². The Morgan fingerprint density at radius 1 is 1.41 bits per heavy atom. The minimum absolute atomic E-state index is 0.152. The van der Waals surface area contributed by atoms with Gasteiger partial charge in [0, 0.05) is 32.0 Å². The highest BCUT2D eigenvalue weighted by atomic mass is 19.3. The summed E-state index contributed by atoms with van der Waals surface area (Å²) < 4.78 is 26.5. The van der Waals surface area contributed by atoms with Crippen LogP contribution in [0.2, 0.25) is 0 Å². The number of aromatic nitrogens is 2. The Balaban J connectivity index is 2.11. The molecule has 1 aromatic rings. The summed E-state index contributed by atoms with van der Waals surface area (Å²) >= 11 is 0. The van der Waals surface area contributed by atoms with Gasteiger partial charge in [0.1, 0.15) is 12.4 Å². The molecule has 1 fully saturated rings. The SMILES string of the molecule is CCNC(=NCc1nccn1C(F)F)N1CC(C)CC(C)C1. The third-order valence-electron chi connectivity index (χ3n) is 3.83. The molecule has 2 unspecified atom stereocenters. The topological polar surface area (TPSA) is 45.5 Å². The van der Waals surface area contributed by atoms with Gasteiger partial charge in [-0.25, -0.2) is 9.98 Å². The van der Waals surface area contributed by atoms with Crippen LogP contribution in [0.25, 0.3) is 0 Å². The fraction of sp³-hybridized carbons (Fsp3) is 0.733. The number of halogens is 2. The van der Waals surface area contributed by atoms with Crippen LogP contribution in [0.5, 0.6) is 0 Å². The predicted molar refractivity (Wildman–Crippen MR) is 82.8 cm³/mol. The molecule has 0 radical (unpaired) electrons. The largest absolute Gasteiger partial charge is 0.357 e. The number of alkyl halides is 2. The number of nitrogens with one attached hydrogen (secondary N) is 1. The van der Waals surface area contributed by atoms with E-state index in [9.17, 15) is 8.78 Å². The molecule has 1 aliphatic heterocycles. The molecule has 0 aliphatic carbocycles. The first-order chi connectivity index (χ1) is 10.5. The van der Waals surface area contributed by atoms with Crippen LogP contribution in [0.15, 0.2) is 17.4 Å². The predicted octanol–water partition coefficient (Wildman–Crippen LogP) is 2.72. The molecule has 0 saturated carbocycles. The van der Waals surface area contributed by atoms with Crippen molar-refractivity contribution in [3.63, 3.8) is 0 Å². The molecule has 0 bridgehead atoms. The van der Waals surface area contributed by atoms with E-state index in [0.717, 1.165) is 30.2 Å². The zero-order valence-corrected chi connectivity index (χ0v) is 13.5. The van der Waals surface area contributed by atoms with E-state index >= 15 is 0 Å². The van der Waals surface area contributed by atoms with E-state index in [2.05, 4.69) is 34.0 Å². The molecule has 5 nitrogen and oxygen atoms in total. The lowest BCUT2D eigenvalue weighted by Crippen LogP contribution is -2.48. The number of guanidine groups is 1. The lowest BCUT2D eigenvalue weighted by atomic mass is 9.92. The van der Waals surface area contributed by atoms with Crippen LogP contribution < -0.4 is 5.32 Å². The van der Waals surface area contributed by atoms with Gasteiger partial charge in [0.05, 0.1) is 0 Å². The molecular formula is C15H25F2N5. The van der Waals surface area contributed by atoms with Crippen LogP contribution >= 0.6 is 0 Å². The average molecular weight is 313 g/mol. The van der Waals surface area contributed by atoms with E-state index in [4.69, 9.17) is 0 Å². The van der Waals surface area contributed by atoms with Crippen molar-refractivity contribution in [3.05, 3.63) is 18.2 Å². The van der Waals surface area contributed by atoms with Crippen molar-refractivity contribution < 1.29 is 8.78 Å². The molecule has 1 saturated heterocycles. The van der Waals surface area contributed by atoms with Crippen LogP contribution in [-0.4, -0.2) is 40.0 Å². The summed E-state index contributed by atoms with van der Waals surface area (Å²) in [6, 6.07) is 0.